The molecule has 72 valence electrons. The van der Waals surface area contributed by atoms with Crippen molar-refractivity contribution in [3.63, 3.8) is 0 Å². The highest BCUT2D eigenvalue weighted by Crippen LogP contribution is 2.34. The molecule has 2 aliphatic rings. The van der Waals surface area contributed by atoms with Crippen molar-refractivity contribution in [1.29, 1.82) is 0 Å². The molecule has 1 heteroatoms. The molecule has 2 aliphatic carbocycles. The number of furan rings is 1. The van der Waals surface area contributed by atoms with Gasteiger partial charge in [0.25, 0.3) is 0 Å². The van der Waals surface area contributed by atoms with Gasteiger partial charge in [-0.2, -0.15) is 0 Å². The predicted octanol–water partition coefficient (Wildman–Crippen LogP) is 3.59. The van der Waals surface area contributed by atoms with Gasteiger partial charge < -0.3 is 4.42 Å². The molecule has 1 nitrogen and oxygen atoms in total. The molecule has 0 unspecified atom stereocenters. The van der Waals surface area contributed by atoms with Crippen molar-refractivity contribution in [2.75, 3.05) is 0 Å². The normalized spacial score (nSPS) is 18.8. The summed E-state index contributed by atoms with van der Waals surface area (Å²) in [7, 11) is 0. The summed E-state index contributed by atoms with van der Waals surface area (Å²) in [6, 6.07) is 0. The van der Waals surface area contributed by atoms with Crippen molar-refractivity contribution in [3.8, 4) is 0 Å². The lowest BCUT2D eigenvalue weighted by Crippen LogP contribution is -1.97. The summed E-state index contributed by atoms with van der Waals surface area (Å²) in [4.78, 5) is 0. The molecule has 1 heterocycles. The van der Waals surface area contributed by atoms with E-state index in [1.165, 1.54) is 22.5 Å². The quantitative estimate of drug-likeness (QED) is 0.603. The summed E-state index contributed by atoms with van der Waals surface area (Å²) in [5.41, 5.74) is 4.30. The van der Waals surface area contributed by atoms with Crippen molar-refractivity contribution in [3.05, 3.63) is 34.3 Å². The van der Waals surface area contributed by atoms with Crippen LogP contribution < -0.4 is 0 Å². The highest BCUT2D eigenvalue weighted by molar-refractivity contribution is 5.67. The lowest BCUT2D eigenvalue weighted by molar-refractivity contribution is 0.494. The van der Waals surface area contributed by atoms with E-state index in [9.17, 15) is 0 Å². The van der Waals surface area contributed by atoms with Gasteiger partial charge in [-0.15, -0.1) is 0 Å². The molecule has 0 radical (unpaired) electrons. The molecule has 0 spiro atoms. The number of rotatable bonds is 0. The Morgan fingerprint density at radius 2 is 2.14 bits per heavy atom. The first-order valence-electron chi connectivity index (χ1n) is 5.33. The smallest absolute Gasteiger partial charge is 0.130 e. The Morgan fingerprint density at radius 3 is 3.07 bits per heavy atom. The van der Waals surface area contributed by atoms with Crippen LogP contribution in [-0.4, -0.2) is 0 Å². The van der Waals surface area contributed by atoms with E-state index < -0.39 is 0 Å². The second-order valence-corrected chi connectivity index (χ2v) is 4.21. The van der Waals surface area contributed by atoms with Gasteiger partial charge in [0.05, 0.1) is 0 Å². The molecule has 0 saturated carbocycles. The van der Waals surface area contributed by atoms with Crippen molar-refractivity contribution >= 4 is 12.2 Å². The van der Waals surface area contributed by atoms with E-state index >= 15 is 0 Å². The molecule has 1 aromatic heterocycles. The molecular formula is C13H14O. The fraction of sp³-hybridized carbons (Fsp3) is 0.385. The van der Waals surface area contributed by atoms with E-state index in [0.29, 0.717) is 0 Å². The number of allylic oxidation sites excluding steroid dienone is 2. The van der Waals surface area contributed by atoms with Gasteiger partial charge in [0.2, 0.25) is 0 Å². The highest BCUT2D eigenvalue weighted by Gasteiger charge is 2.20. The van der Waals surface area contributed by atoms with Crippen LogP contribution in [0.2, 0.25) is 0 Å². The average Bonchev–Trinajstić information content (AvgIpc) is 2.56. The van der Waals surface area contributed by atoms with Gasteiger partial charge in [-0.05, 0) is 32.3 Å². The first-order chi connectivity index (χ1) is 6.84. The lowest BCUT2D eigenvalue weighted by atomic mass is 9.93. The zero-order chi connectivity index (χ0) is 9.54. The van der Waals surface area contributed by atoms with Crippen LogP contribution >= 0.6 is 0 Å². The van der Waals surface area contributed by atoms with E-state index in [1.54, 1.807) is 0 Å². The summed E-state index contributed by atoms with van der Waals surface area (Å²) in [6.45, 7) is 2.21. The maximum Gasteiger partial charge on any atom is 0.130 e. The first kappa shape index (κ1) is 8.10. The van der Waals surface area contributed by atoms with Gasteiger partial charge in [-0.1, -0.05) is 17.7 Å². The Kier molecular flexibility index (Phi) is 1.66. The van der Waals surface area contributed by atoms with Crippen LogP contribution in [0.25, 0.3) is 12.2 Å². The third-order valence-electron chi connectivity index (χ3n) is 3.12. The van der Waals surface area contributed by atoms with E-state index in [0.717, 1.165) is 31.4 Å². The second-order valence-electron chi connectivity index (χ2n) is 4.21. The molecule has 0 bridgehead atoms. The molecule has 0 N–H and O–H groups in total. The molecule has 0 aliphatic heterocycles. The third-order valence-corrected chi connectivity index (χ3v) is 3.12. The van der Waals surface area contributed by atoms with Crippen LogP contribution in [0.1, 0.15) is 42.4 Å². The Morgan fingerprint density at radius 1 is 1.21 bits per heavy atom. The SMILES string of the molecule is CC1=Cc2c(oc3c2CCC=C3)CC1. The van der Waals surface area contributed by atoms with E-state index in [4.69, 9.17) is 4.42 Å². The molecule has 0 fully saturated rings. The Hall–Kier alpha value is -1.24. The summed E-state index contributed by atoms with van der Waals surface area (Å²) in [5.74, 6) is 2.30. The van der Waals surface area contributed by atoms with Crippen LogP contribution in [0.5, 0.6) is 0 Å². The Labute approximate surface area is 84.1 Å². The fourth-order valence-electron chi connectivity index (χ4n) is 2.34. The van der Waals surface area contributed by atoms with Gasteiger partial charge in [-0.3, -0.25) is 0 Å². The minimum atomic E-state index is 1.08. The minimum Gasteiger partial charge on any atom is -0.461 e. The second kappa shape index (κ2) is 2.88. The van der Waals surface area contributed by atoms with E-state index in [-0.39, 0.29) is 0 Å². The van der Waals surface area contributed by atoms with Crippen molar-refractivity contribution in [2.24, 2.45) is 0 Å². The maximum atomic E-state index is 5.85. The molecular weight excluding hydrogens is 172 g/mol. The van der Waals surface area contributed by atoms with Crippen molar-refractivity contribution < 1.29 is 4.42 Å². The van der Waals surface area contributed by atoms with Crippen molar-refractivity contribution in [1.82, 2.24) is 0 Å². The Bertz CT molecular complexity index is 432. The molecule has 0 amide bonds. The lowest BCUT2D eigenvalue weighted by Gasteiger charge is -2.09. The standard InChI is InChI=1S/C13H14O/c1-9-6-7-13-11(8-9)10-4-2-3-5-12(10)14-13/h3,5,8H,2,4,6-7H2,1H3. The number of aryl methyl sites for hydroxylation is 1. The van der Waals surface area contributed by atoms with Crippen LogP contribution in [0, 0.1) is 0 Å². The van der Waals surface area contributed by atoms with Crippen LogP contribution in [0.4, 0.5) is 0 Å². The summed E-state index contributed by atoms with van der Waals surface area (Å²) in [6.07, 6.45) is 11.2. The molecule has 0 atom stereocenters. The largest absolute Gasteiger partial charge is 0.461 e. The average molecular weight is 186 g/mol. The maximum absolute atomic E-state index is 5.85. The molecule has 3 rings (SSSR count). The van der Waals surface area contributed by atoms with Gasteiger partial charge in [0.15, 0.2) is 0 Å². The molecule has 1 aromatic rings. The highest BCUT2D eigenvalue weighted by atomic mass is 16.3. The summed E-state index contributed by atoms with van der Waals surface area (Å²) in [5, 5.41) is 0. The first-order valence-corrected chi connectivity index (χ1v) is 5.33. The number of hydrogen-bond acceptors (Lipinski definition) is 1. The zero-order valence-corrected chi connectivity index (χ0v) is 8.47. The number of fused-ring (bicyclic) bond motifs is 3. The van der Waals surface area contributed by atoms with Crippen LogP contribution in [0.15, 0.2) is 16.1 Å². The molecule has 0 aromatic carbocycles. The van der Waals surface area contributed by atoms with Gasteiger partial charge >= 0.3 is 0 Å². The summed E-state index contributed by atoms with van der Waals surface area (Å²) >= 11 is 0. The topological polar surface area (TPSA) is 13.1 Å². The van der Waals surface area contributed by atoms with E-state index in [1.807, 2.05) is 0 Å². The fourth-order valence-corrected chi connectivity index (χ4v) is 2.34. The summed E-state index contributed by atoms with van der Waals surface area (Å²) < 4.78 is 5.85. The van der Waals surface area contributed by atoms with E-state index in [2.05, 4.69) is 25.2 Å². The van der Waals surface area contributed by atoms with Gasteiger partial charge in [-0.25, -0.2) is 0 Å². The third kappa shape index (κ3) is 1.08. The monoisotopic (exact) mass is 186 g/mol. The number of hydrogen-bond donors (Lipinski definition) is 0. The van der Waals surface area contributed by atoms with Gasteiger partial charge in [0.1, 0.15) is 11.5 Å². The van der Waals surface area contributed by atoms with Crippen LogP contribution in [0.3, 0.4) is 0 Å². The van der Waals surface area contributed by atoms with Crippen LogP contribution in [-0.2, 0) is 12.8 Å². The zero-order valence-electron chi connectivity index (χ0n) is 8.47. The predicted molar refractivity (Wildman–Crippen MR) is 58.0 cm³/mol. The van der Waals surface area contributed by atoms with Gasteiger partial charge in [0, 0.05) is 17.5 Å². The van der Waals surface area contributed by atoms with Crippen molar-refractivity contribution in [2.45, 2.75) is 32.6 Å². The minimum absolute atomic E-state index is 1.08. The molecule has 0 saturated heterocycles. The molecule has 14 heavy (non-hydrogen) atoms. The Balaban J connectivity index is 2.20.